The molecule has 0 amide bonds. The van der Waals surface area contributed by atoms with Crippen molar-refractivity contribution in [1.82, 2.24) is 0 Å². The average molecular weight is 566 g/mol. The molecular formula is C31H32ClNO7. The lowest BCUT2D eigenvalue weighted by molar-refractivity contribution is -2.00. The molecule has 0 saturated carbocycles. The monoisotopic (exact) mass is 565 g/mol. The summed E-state index contributed by atoms with van der Waals surface area (Å²) in [6, 6.07) is 33.3. The molecule has 1 aromatic heterocycles. The first-order chi connectivity index (χ1) is 19.0. The fraction of sp³-hybridized carbons (Fsp3) is 0.226. The van der Waals surface area contributed by atoms with Gasteiger partial charge in [-0.3, -0.25) is 0 Å². The number of aryl methyl sites for hydroxylation is 3. The van der Waals surface area contributed by atoms with Gasteiger partial charge < -0.3 is 9.47 Å². The third-order valence-corrected chi connectivity index (χ3v) is 6.22. The van der Waals surface area contributed by atoms with Crippen molar-refractivity contribution in [1.29, 1.82) is 0 Å². The Morgan fingerprint density at radius 1 is 0.750 bits per heavy atom. The van der Waals surface area contributed by atoms with E-state index in [0.29, 0.717) is 13.2 Å². The minimum Gasteiger partial charge on any atom is -0.458 e. The van der Waals surface area contributed by atoms with Crippen LogP contribution in [-0.4, -0.2) is 12.6 Å². The number of ether oxygens (including phenoxy) is 2. The van der Waals surface area contributed by atoms with Gasteiger partial charge in [0.1, 0.15) is 13.2 Å². The summed E-state index contributed by atoms with van der Waals surface area (Å²) in [7, 11) is -4.94. The highest BCUT2D eigenvalue weighted by Crippen LogP contribution is 2.35. The van der Waals surface area contributed by atoms with E-state index in [1.54, 1.807) is 0 Å². The van der Waals surface area contributed by atoms with E-state index in [2.05, 4.69) is 37.5 Å². The molecular weight excluding hydrogens is 534 g/mol. The predicted molar refractivity (Wildman–Crippen MR) is 137 cm³/mol. The highest BCUT2D eigenvalue weighted by Gasteiger charge is 2.45. The van der Waals surface area contributed by atoms with Gasteiger partial charge in [-0.15, -0.1) is 10.2 Å². The number of nitrogens with zero attached hydrogens (tertiary/aromatic N) is 1. The summed E-state index contributed by atoms with van der Waals surface area (Å²) in [6.45, 7) is 7.41. The van der Waals surface area contributed by atoms with E-state index in [1.165, 1.54) is 5.56 Å². The fourth-order valence-corrected chi connectivity index (χ4v) is 4.58. The van der Waals surface area contributed by atoms with E-state index >= 15 is 0 Å². The summed E-state index contributed by atoms with van der Waals surface area (Å²) in [4.78, 5) is 13.9. The van der Waals surface area contributed by atoms with Gasteiger partial charge in [0.2, 0.25) is 5.60 Å². The van der Waals surface area contributed by atoms with E-state index in [1.807, 2.05) is 91.0 Å². The number of carbonyl (C=O) groups excluding carboxylic acids is 1. The Bertz CT molecular complexity index is 1290. The second kappa shape index (κ2) is 14.1. The molecule has 0 spiro atoms. The van der Waals surface area contributed by atoms with Gasteiger partial charge in [0.15, 0.2) is 17.9 Å². The van der Waals surface area contributed by atoms with Crippen molar-refractivity contribution >= 4 is 5.97 Å². The van der Waals surface area contributed by atoms with Gasteiger partial charge in [-0.25, -0.2) is 23.4 Å². The topological polar surface area (TPSA) is 132 Å². The van der Waals surface area contributed by atoms with Crippen LogP contribution in [0.3, 0.4) is 0 Å². The van der Waals surface area contributed by atoms with Gasteiger partial charge in [0, 0.05) is 26.0 Å². The quantitative estimate of drug-likeness (QED) is 0.217. The lowest BCUT2D eigenvalue weighted by Gasteiger charge is -2.32. The summed E-state index contributed by atoms with van der Waals surface area (Å²) in [6.07, 6.45) is 0. The lowest BCUT2D eigenvalue weighted by Crippen LogP contribution is -2.68. The third kappa shape index (κ3) is 8.69. The number of halogens is 1. The third-order valence-electron chi connectivity index (χ3n) is 6.22. The Morgan fingerprint density at radius 3 is 1.62 bits per heavy atom. The largest absolute Gasteiger partial charge is 0.458 e. The van der Waals surface area contributed by atoms with Gasteiger partial charge in [0.05, 0.1) is 0 Å². The number of carbonyl (C=O) groups is 1. The Labute approximate surface area is 236 Å². The molecule has 40 heavy (non-hydrogen) atoms. The first-order valence-corrected chi connectivity index (χ1v) is 13.8. The molecule has 0 unspecified atom stereocenters. The maximum Gasteiger partial charge on any atom is 0.348 e. The Hall–Kier alpha value is -3.63. The number of rotatable bonds is 9. The molecule has 8 nitrogen and oxygen atoms in total. The normalized spacial score (nSPS) is 11.4. The Balaban J connectivity index is 0.000000810. The van der Waals surface area contributed by atoms with Crippen LogP contribution in [0.2, 0.25) is 0 Å². The smallest absolute Gasteiger partial charge is 0.348 e. The number of hydrogen-bond acceptors (Lipinski definition) is 7. The molecule has 0 bridgehead atoms. The first-order valence-electron chi connectivity index (χ1n) is 12.6. The fourth-order valence-electron chi connectivity index (χ4n) is 4.58. The van der Waals surface area contributed by atoms with Crippen molar-refractivity contribution in [3.63, 3.8) is 0 Å². The SMILES string of the molecule is Cc1cc(C)[n+](CCOC(C(=O)OCc2ccccc2)(c2ccccc2)c2ccccc2)c(C)c1.[O-][Cl+3]([O-])([O-])[O-]. The summed E-state index contributed by atoms with van der Waals surface area (Å²) in [5, 5.41) is 0. The molecule has 1 heterocycles. The van der Waals surface area contributed by atoms with Crippen LogP contribution in [-0.2, 0) is 33.0 Å². The van der Waals surface area contributed by atoms with Crippen LogP contribution >= 0.6 is 0 Å². The van der Waals surface area contributed by atoms with E-state index in [-0.39, 0.29) is 6.61 Å². The van der Waals surface area contributed by atoms with Crippen molar-refractivity contribution in [2.24, 2.45) is 0 Å². The number of benzene rings is 3. The lowest BCUT2D eigenvalue weighted by atomic mass is 9.86. The summed E-state index contributed by atoms with van der Waals surface area (Å²) in [5.74, 6) is -0.430. The molecule has 0 saturated heterocycles. The molecule has 4 rings (SSSR count). The van der Waals surface area contributed by atoms with Crippen LogP contribution in [0.5, 0.6) is 0 Å². The maximum absolute atomic E-state index is 13.9. The van der Waals surface area contributed by atoms with Crippen LogP contribution in [0.1, 0.15) is 33.6 Å². The zero-order valence-corrected chi connectivity index (χ0v) is 23.4. The zero-order chi connectivity index (χ0) is 29.2. The maximum atomic E-state index is 13.9. The van der Waals surface area contributed by atoms with Crippen LogP contribution in [0.15, 0.2) is 103 Å². The van der Waals surface area contributed by atoms with E-state index in [0.717, 1.165) is 28.1 Å². The van der Waals surface area contributed by atoms with Crippen LogP contribution in [0.25, 0.3) is 0 Å². The van der Waals surface area contributed by atoms with Gasteiger partial charge in [-0.2, -0.15) is 4.57 Å². The van der Waals surface area contributed by atoms with Crippen molar-refractivity contribution < 1.29 is 47.7 Å². The van der Waals surface area contributed by atoms with Gasteiger partial charge in [-0.05, 0) is 29.2 Å². The molecule has 210 valence electrons. The predicted octanol–water partition coefficient (Wildman–Crippen LogP) is 0.847. The minimum absolute atomic E-state index is 0.176. The molecule has 0 aliphatic carbocycles. The molecule has 0 atom stereocenters. The number of hydrogen-bond donors (Lipinski definition) is 0. The average Bonchev–Trinajstić information content (AvgIpc) is 2.92. The molecule has 0 aliphatic heterocycles. The second-order valence-electron chi connectivity index (χ2n) is 9.17. The number of esters is 1. The minimum atomic E-state index is -4.94. The van der Waals surface area contributed by atoms with Gasteiger partial charge >= 0.3 is 5.97 Å². The van der Waals surface area contributed by atoms with Crippen LogP contribution < -0.4 is 23.2 Å². The van der Waals surface area contributed by atoms with Crippen molar-refractivity contribution in [3.8, 4) is 0 Å². The molecule has 0 aliphatic rings. The highest BCUT2D eigenvalue weighted by molar-refractivity contribution is 5.85. The van der Waals surface area contributed by atoms with Crippen molar-refractivity contribution in [2.75, 3.05) is 6.61 Å². The van der Waals surface area contributed by atoms with Gasteiger partial charge in [-0.1, -0.05) is 91.0 Å². The molecule has 9 heteroatoms. The summed E-state index contributed by atoms with van der Waals surface area (Å²) >= 11 is 0. The first kappa shape index (κ1) is 30.9. The van der Waals surface area contributed by atoms with E-state index in [4.69, 9.17) is 28.1 Å². The van der Waals surface area contributed by atoms with Crippen molar-refractivity contribution in [3.05, 3.63) is 137 Å². The second-order valence-corrected chi connectivity index (χ2v) is 9.92. The standard InChI is InChI=1S/C31H32NO3.ClHO4/c1-24-21-25(2)32(26(3)22-24)19-20-35-31(28-15-9-5-10-16-28,29-17-11-6-12-18-29)30(33)34-23-27-13-7-4-8-14-27;2-1(3,4)5/h4-18,21-22H,19-20,23H2,1-3H3;(H,2,3,4,5)/q+1;/p-1. The molecule has 0 N–H and O–H groups in total. The Kier molecular flexibility index (Phi) is 10.9. The zero-order valence-electron chi connectivity index (χ0n) is 22.6. The molecule has 4 aromatic rings. The molecule has 0 fully saturated rings. The molecule has 0 radical (unpaired) electrons. The number of aromatic nitrogens is 1. The number of pyridine rings is 1. The summed E-state index contributed by atoms with van der Waals surface area (Å²) < 4.78 is 48.7. The Morgan fingerprint density at radius 2 is 1.18 bits per heavy atom. The van der Waals surface area contributed by atoms with E-state index in [9.17, 15) is 4.79 Å². The van der Waals surface area contributed by atoms with Gasteiger partial charge in [0.25, 0.3) is 0 Å². The van der Waals surface area contributed by atoms with Crippen molar-refractivity contribution in [2.45, 2.75) is 39.5 Å². The van der Waals surface area contributed by atoms with E-state index < -0.39 is 21.8 Å². The summed E-state index contributed by atoms with van der Waals surface area (Å²) in [5.41, 5.74) is 4.57. The van der Waals surface area contributed by atoms with Crippen LogP contribution in [0, 0.1) is 31.0 Å². The highest BCUT2D eigenvalue weighted by atomic mass is 35.7. The van der Waals surface area contributed by atoms with Crippen LogP contribution in [0.4, 0.5) is 0 Å². The molecule has 3 aromatic carbocycles.